The number of ether oxygens (including phenoxy) is 1. The van der Waals surface area contributed by atoms with E-state index in [1.54, 1.807) is 24.3 Å². The first kappa shape index (κ1) is 22.0. The van der Waals surface area contributed by atoms with Gasteiger partial charge in [-0.1, -0.05) is 54.1 Å². The highest BCUT2D eigenvalue weighted by Crippen LogP contribution is 2.46. The number of rotatable bonds is 5. The van der Waals surface area contributed by atoms with Crippen LogP contribution in [0.3, 0.4) is 0 Å². The van der Waals surface area contributed by atoms with E-state index >= 15 is 0 Å². The zero-order valence-corrected chi connectivity index (χ0v) is 17.7. The standard InChI is InChI=1S/C22H20ClF3N4O2/c1-32-15-9-7-14(8-10-15)16-11-17(22(24,25)26)30-20(28-16)18(23)19(29-30)21(31)27-12-13-5-3-2-4-6-13/h2-10,16-17,28H,11-12H2,1H3,(H,27,31)/t16-,17+/m0/s1. The zero-order chi connectivity index (χ0) is 22.9. The van der Waals surface area contributed by atoms with Crippen LogP contribution in [0, 0.1) is 0 Å². The molecule has 2 aromatic carbocycles. The number of anilines is 1. The van der Waals surface area contributed by atoms with E-state index in [1.165, 1.54) is 7.11 Å². The van der Waals surface area contributed by atoms with Gasteiger partial charge in [-0.2, -0.15) is 18.3 Å². The fraction of sp³-hybridized carbons (Fsp3) is 0.273. The van der Waals surface area contributed by atoms with Gasteiger partial charge in [0.2, 0.25) is 0 Å². The molecule has 1 aliphatic rings. The number of fused-ring (bicyclic) bond motifs is 1. The molecule has 0 fully saturated rings. The van der Waals surface area contributed by atoms with E-state index in [2.05, 4.69) is 15.7 Å². The van der Waals surface area contributed by atoms with Crippen molar-refractivity contribution in [3.05, 3.63) is 76.4 Å². The Morgan fingerprint density at radius 1 is 1.22 bits per heavy atom. The lowest BCUT2D eigenvalue weighted by molar-refractivity contribution is -0.173. The van der Waals surface area contributed by atoms with E-state index in [9.17, 15) is 18.0 Å². The maximum absolute atomic E-state index is 13.9. The van der Waals surface area contributed by atoms with E-state index in [-0.39, 0.29) is 29.5 Å². The van der Waals surface area contributed by atoms with Gasteiger partial charge in [-0.3, -0.25) is 4.79 Å². The molecule has 0 bridgehead atoms. The van der Waals surface area contributed by atoms with Crippen LogP contribution in [0.2, 0.25) is 5.02 Å². The van der Waals surface area contributed by atoms with Crippen molar-refractivity contribution in [3.63, 3.8) is 0 Å². The molecule has 0 aliphatic carbocycles. The van der Waals surface area contributed by atoms with Crippen LogP contribution < -0.4 is 15.4 Å². The van der Waals surface area contributed by atoms with Gasteiger partial charge in [-0.15, -0.1) is 0 Å². The van der Waals surface area contributed by atoms with Gasteiger partial charge >= 0.3 is 6.18 Å². The second-order valence-electron chi connectivity index (χ2n) is 7.39. The summed E-state index contributed by atoms with van der Waals surface area (Å²) in [5.41, 5.74) is 1.22. The Morgan fingerprint density at radius 2 is 1.91 bits per heavy atom. The Kier molecular flexibility index (Phi) is 6.01. The topological polar surface area (TPSA) is 68.2 Å². The zero-order valence-electron chi connectivity index (χ0n) is 17.0. The summed E-state index contributed by atoms with van der Waals surface area (Å²) in [6.07, 6.45) is -4.87. The number of nitrogens with zero attached hydrogens (tertiary/aromatic N) is 2. The minimum Gasteiger partial charge on any atom is -0.497 e. The highest BCUT2D eigenvalue weighted by molar-refractivity contribution is 6.36. The van der Waals surface area contributed by atoms with E-state index in [1.807, 2.05) is 30.3 Å². The Bertz CT molecular complexity index is 1100. The first-order valence-corrected chi connectivity index (χ1v) is 10.2. The Morgan fingerprint density at radius 3 is 2.53 bits per heavy atom. The number of halogens is 4. The van der Waals surface area contributed by atoms with Crippen molar-refractivity contribution in [1.82, 2.24) is 15.1 Å². The Hall–Kier alpha value is -3.20. The molecule has 0 saturated carbocycles. The summed E-state index contributed by atoms with van der Waals surface area (Å²) in [5, 5.41) is 9.46. The normalized spacial score (nSPS) is 17.9. The van der Waals surface area contributed by atoms with Crippen LogP contribution in [0.5, 0.6) is 5.75 Å². The summed E-state index contributed by atoms with van der Waals surface area (Å²) >= 11 is 6.34. The smallest absolute Gasteiger partial charge is 0.410 e. The fourth-order valence-corrected chi connectivity index (χ4v) is 3.92. The monoisotopic (exact) mass is 464 g/mol. The molecule has 3 aromatic rings. The van der Waals surface area contributed by atoms with Crippen LogP contribution in [0.25, 0.3) is 0 Å². The second-order valence-corrected chi connectivity index (χ2v) is 7.77. The molecule has 10 heteroatoms. The number of hydrogen-bond acceptors (Lipinski definition) is 4. The molecule has 2 N–H and O–H groups in total. The lowest BCUT2D eigenvalue weighted by atomic mass is 9.97. The van der Waals surface area contributed by atoms with Crippen LogP contribution in [0.15, 0.2) is 54.6 Å². The molecular formula is C22H20ClF3N4O2. The molecule has 168 valence electrons. The molecule has 1 aromatic heterocycles. The molecule has 32 heavy (non-hydrogen) atoms. The fourth-order valence-electron chi connectivity index (χ4n) is 3.65. The summed E-state index contributed by atoms with van der Waals surface area (Å²) in [6, 6.07) is 13.3. The van der Waals surface area contributed by atoms with Crippen molar-refractivity contribution >= 4 is 23.3 Å². The van der Waals surface area contributed by atoms with Crippen molar-refractivity contribution in [2.24, 2.45) is 0 Å². The minimum absolute atomic E-state index is 0.0362. The SMILES string of the molecule is COc1ccc([C@@H]2C[C@H](C(F)(F)F)n3nc(C(=O)NCc4ccccc4)c(Cl)c3N2)cc1. The average Bonchev–Trinajstić information content (AvgIpc) is 3.13. The highest BCUT2D eigenvalue weighted by atomic mass is 35.5. The van der Waals surface area contributed by atoms with E-state index < -0.39 is 24.2 Å². The third-order valence-electron chi connectivity index (χ3n) is 5.32. The van der Waals surface area contributed by atoms with E-state index in [0.29, 0.717) is 11.3 Å². The van der Waals surface area contributed by atoms with E-state index in [4.69, 9.17) is 16.3 Å². The summed E-state index contributed by atoms with van der Waals surface area (Å²) in [6.45, 7) is 0.197. The maximum Gasteiger partial charge on any atom is 0.410 e. The van der Waals surface area contributed by atoms with Crippen molar-refractivity contribution < 1.29 is 22.7 Å². The van der Waals surface area contributed by atoms with Gasteiger partial charge in [0.15, 0.2) is 11.7 Å². The summed E-state index contributed by atoms with van der Waals surface area (Å²) in [7, 11) is 1.51. The van der Waals surface area contributed by atoms with Crippen molar-refractivity contribution in [1.29, 1.82) is 0 Å². The average molecular weight is 465 g/mol. The summed E-state index contributed by atoms with van der Waals surface area (Å²) < 4.78 is 47.5. The molecule has 4 rings (SSSR count). The van der Waals surface area contributed by atoms with Crippen molar-refractivity contribution in [2.75, 3.05) is 12.4 Å². The van der Waals surface area contributed by atoms with Crippen LogP contribution in [0.1, 0.15) is 40.1 Å². The molecule has 1 amide bonds. The van der Waals surface area contributed by atoms with Crippen LogP contribution >= 0.6 is 11.6 Å². The molecule has 0 saturated heterocycles. The number of amides is 1. The van der Waals surface area contributed by atoms with Gasteiger partial charge in [-0.25, -0.2) is 4.68 Å². The summed E-state index contributed by atoms with van der Waals surface area (Å²) in [5.74, 6) is -0.0900. The highest BCUT2D eigenvalue weighted by Gasteiger charge is 2.47. The van der Waals surface area contributed by atoms with Gasteiger partial charge in [0.05, 0.1) is 13.2 Å². The van der Waals surface area contributed by atoms with Crippen molar-refractivity contribution in [3.8, 4) is 5.75 Å². The quantitative estimate of drug-likeness (QED) is 0.549. The number of hydrogen-bond donors (Lipinski definition) is 2. The number of nitrogens with one attached hydrogen (secondary N) is 2. The van der Waals surface area contributed by atoms with Crippen LogP contribution in [0.4, 0.5) is 19.0 Å². The largest absolute Gasteiger partial charge is 0.497 e. The number of methoxy groups -OCH3 is 1. The van der Waals surface area contributed by atoms with Gasteiger partial charge in [-0.05, 0) is 23.3 Å². The van der Waals surface area contributed by atoms with Crippen LogP contribution in [-0.2, 0) is 6.54 Å². The third kappa shape index (κ3) is 4.38. The lowest BCUT2D eigenvalue weighted by Crippen LogP contribution is -2.35. The van der Waals surface area contributed by atoms with Gasteiger partial charge in [0.25, 0.3) is 5.91 Å². The number of carbonyl (C=O) groups is 1. The molecule has 0 radical (unpaired) electrons. The van der Waals surface area contributed by atoms with Gasteiger partial charge in [0, 0.05) is 13.0 Å². The number of alkyl halides is 3. The third-order valence-corrected chi connectivity index (χ3v) is 5.68. The molecule has 2 atom stereocenters. The number of aromatic nitrogens is 2. The predicted molar refractivity (Wildman–Crippen MR) is 114 cm³/mol. The molecular weight excluding hydrogens is 445 g/mol. The van der Waals surface area contributed by atoms with Crippen LogP contribution in [-0.4, -0.2) is 29.0 Å². The molecule has 1 aliphatic heterocycles. The minimum atomic E-state index is -4.57. The first-order chi connectivity index (χ1) is 15.3. The Balaban J connectivity index is 1.63. The lowest BCUT2D eigenvalue weighted by Gasteiger charge is -2.33. The Labute approximate surface area is 187 Å². The molecule has 0 unspecified atom stereocenters. The molecule has 0 spiro atoms. The summed E-state index contributed by atoms with van der Waals surface area (Å²) in [4.78, 5) is 12.6. The van der Waals surface area contributed by atoms with Gasteiger partial charge < -0.3 is 15.4 Å². The number of benzene rings is 2. The molecule has 2 heterocycles. The van der Waals surface area contributed by atoms with Crippen molar-refractivity contribution in [2.45, 2.75) is 31.2 Å². The number of carbonyl (C=O) groups excluding carboxylic acids is 1. The van der Waals surface area contributed by atoms with E-state index in [0.717, 1.165) is 10.2 Å². The molecule has 6 nitrogen and oxygen atoms in total. The van der Waals surface area contributed by atoms with Gasteiger partial charge in [0.1, 0.15) is 16.6 Å². The first-order valence-electron chi connectivity index (χ1n) is 9.85. The predicted octanol–water partition coefficient (Wildman–Crippen LogP) is 5.14. The second kappa shape index (κ2) is 8.74. The maximum atomic E-state index is 13.9.